The first-order valence-electron chi connectivity index (χ1n) is 12.1. The van der Waals surface area contributed by atoms with Crippen LogP contribution < -0.4 is 9.64 Å². The minimum absolute atomic E-state index is 0.0605. The number of nitrogens with zero attached hydrogens (tertiary/aromatic N) is 1. The van der Waals surface area contributed by atoms with Gasteiger partial charge in [-0.2, -0.15) is 0 Å². The van der Waals surface area contributed by atoms with Gasteiger partial charge in [0.05, 0.1) is 19.8 Å². The van der Waals surface area contributed by atoms with E-state index in [9.17, 15) is 4.79 Å². The van der Waals surface area contributed by atoms with E-state index in [4.69, 9.17) is 9.84 Å². The molecule has 1 atom stereocenters. The number of hydrogen-bond donors (Lipinski definition) is 1. The second-order valence-electron chi connectivity index (χ2n) is 9.04. The molecule has 1 aliphatic carbocycles. The first kappa shape index (κ1) is 23.0. The van der Waals surface area contributed by atoms with Crippen molar-refractivity contribution in [1.82, 2.24) is 0 Å². The zero-order valence-electron chi connectivity index (χ0n) is 19.9. The van der Waals surface area contributed by atoms with Gasteiger partial charge in [-0.1, -0.05) is 36.1 Å². The Labute approximate surface area is 206 Å². The molecule has 176 valence electrons. The van der Waals surface area contributed by atoms with Crippen molar-refractivity contribution >= 4 is 23.2 Å². The summed E-state index contributed by atoms with van der Waals surface area (Å²) in [5, 5.41) is 9.00. The molecule has 0 aromatic heterocycles. The number of aliphatic hydroxyl groups excluding tert-OH is 1. The Morgan fingerprint density at radius 2 is 1.77 bits per heavy atom. The molecule has 1 N–H and O–H groups in total. The standard InChI is InChI=1S/C31H29NO3/c1-35-27-17-13-23(14-18-27)29-20-25-7-2-3-8-28(25)30(21-31(34)24-11-12-24)32(29)26-15-9-22(10-16-26)6-4-5-19-33/h2-3,7-10,13-18,20,24,30,33H,5,11-12,19,21H2,1H3. The molecule has 3 aromatic rings. The van der Waals surface area contributed by atoms with Crippen molar-refractivity contribution in [2.75, 3.05) is 18.6 Å². The van der Waals surface area contributed by atoms with Crippen molar-refractivity contribution < 1.29 is 14.6 Å². The molecular formula is C31H29NO3. The zero-order valence-corrected chi connectivity index (χ0v) is 19.9. The molecule has 4 nitrogen and oxygen atoms in total. The predicted molar refractivity (Wildman–Crippen MR) is 140 cm³/mol. The van der Waals surface area contributed by atoms with Crippen LogP contribution in [0, 0.1) is 17.8 Å². The van der Waals surface area contributed by atoms with Crippen LogP contribution in [0.1, 0.15) is 54.0 Å². The Bertz CT molecular complexity index is 1290. The maximum atomic E-state index is 13.1. The van der Waals surface area contributed by atoms with Crippen LogP contribution >= 0.6 is 0 Å². The summed E-state index contributed by atoms with van der Waals surface area (Å²) in [5.74, 6) is 7.45. The Balaban J connectivity index is 1.60. The van der Waals surface area contributed by atoms with E-state index in [1.165, 1.54) is 5.56 Å². The molecule has 1 unspecified atom stereocenters. The van der Waals surface area contributed by atoms with Gasteiger partial charge in [0.15, 0.2) is 0 Å². The molecule has 0 bridgehead atoms. The van der Waals surface area contributed by atoms with E-state index in [-0.39, 0.29) is 18.6 Å². The lowest BCUT2D eigenvalue weighted by Crippen LogP contribution is -2.32. The van der Waals surface area contributed by atoms with Gasteiger partial charge < -0.3 is 14.7 Å². The molecule has 35 heavy (non-hydrogen) atoms. The lowest BCUT2D eigenvalue weighted by Gasteiger charge is -2.40. The van der Waals surface area contributed by atoms with Crippen LogP contribution in [0.25, 0.3) is 11.8 Å². The smallest absolute Gasteiger partial charge is 0.138 e. The van der Waals surface area contributed by atoms with Crippen molar-refractivity contribution in [3.63, 3.8) is 0 Å². The van der Waals surface area contributed by atoms with Crippen molar-refractivity contribution in [2.45, 2.75) is 31.7 Å². The monoisotopic (exact) mass is 463 g/mol. The molecule has 3 aromatic carbocycles. The molecule has 2 aliphatic rings. The molecule has 1 saturated carbocycles. The van der Waals surface area contributed by atoms with Gasteiger partial charge in [-0.25, -0.2) is 0 Å². The van der Waals surface area contributed by atoms with Gasteiger partial charge in [0.1, 0.15) is 11.5 Å². The highest BCUT2D eigenvalue weighted by Crippen LogP contribution is 2.45. The molecule has 5 rings (SSSR count). The van der Waals surface area contributed by atoms with Crippen molar-refractivity contribution in [1.29, 1.82) is 0 Å². The zero-order chi connectivity index (χ0) is 24.2. The molecular weight excluding hydrogens is 434 g/mol. The fraction of sp³-hybridized carbons (Fsp3) is 0.258. The summed E-state index contributed by atoms with van der Waals surface area (Å²) in [7, 11) is 1.67. The fourth-order valence-corrected chi connectivity index (χ4v) is 4.66. The minimum Gasteiger partial charge on any atom is -0.497 e. The number of ether oxygens (including phenoxy) is 1. The maximum Gasteiger partial charge on any atom is 0.138 e. The highest BCUT2D eigenvalue weighted by atomic mass is 16.5. The normalized spacial score (nSPS) is 16.6. The van der Waals surface area contributed by atoms with E-state index in [1.54, 1.807) is 7.11 Å². The lowest BCUT2D eigenvalue weighted by molar-refractivity contribution is -0.120. The van der Waals surface area contributed by atoms with Gasteiger partial charge in [-0.15, -0.1) is 0 Å². The van der Waals surface area contributed by atoms with E-state index >= 15 is 0 Å². The number of methoxy groups -OCH3 is 1. The minimum atomic E-state index is -0.0901. The van der Waals surface area contributed by atoms with Gasteiger partial charge in [-0.3, -0.25) is 4.79 Å². The highest BCUT2D eigenvalue weighted by molar-refractivity contribution is 5.95. The number of hydrogen-bond acceptors (Lipinski definition) is 4. The topological polar surface area (TPSA) is 49.8 Å². The first-order valence-corrected chi connectivity index (χ1v) is 12.1. The molecule has 0 radical (unpaired) electrons. The van der Waals surface area contributed by atoms with Gasteiger partial charge >= 0.3 is 0 Å². The molecule has 1 aliphatic heterocycles. The molecule has 0 saturated heterocycles. The summed E-state index contributed by atoms with van der Waals surface area (Å²) in [6, 6.07) is 24.5. The van der Waals surface area contributed by atoms with Gasteiger partial charge in [0, 0.05) is 35.7 Å². The molecule has 1 fully saturated rings. The van der Waals surface area contributed by atoms with E-state index in [0.29, 0.717) is 18.6 Å². The van der Waals surface area contributed by atoms with Crippen LogP contribution in [0.15, 0.2) is 72.8 Å². The van der Waals surface area contributed by atoms with Crippen LogP contribution in [-0.4, -0.2) is 24.6 Å². The molecule has 4 heteroatoms. The summed E-state index contributed by atoms with van der Waals surface area (Å²) in [5.41, 5.74) is 6.36. The third-order valence-corrected chi connectivity index (χ3v) is 6.65. The van der Waals surface area contributed by atoms with Crippen molar-refractivity contribution in [3.05, 3.63) is 95.1 Å². The second-order valence-corrected chi connectivity index (χ2v) is 9.04. The summed E-state index contributed by atoms with van der Waals surface area (Å²) in [6.45, 7) is 0.0605. The Kier molecular flexibility index (Phi) is 6.70. The lowest BCUT2D eigenvalue weighted by atomic mass is 9.87. The second kappa shape index (κ2) is 10.2. The summed E-state index contributed by atoms with van der Waals surface area (Å²) < 4.78 is 5.38. The van der Waals surface area contributed by atoms with E-state index in [1.807, 2.05) is 24.3 Å². The van der Waals surface area contributed by atoms with E-state index in [2.05, 4.69) is 71.3 Å². The average Bonchev–Trinajstić information content (AvgIpc) is 3.75. The number of fused-ring (bicyclic) bond motifs is 1. The summed E-state index contributed by atoms with van der Waals surface area (Å²) in [6.07, 6.45) is 5.17. The van der Waals surface area contributed by atoms with Crippen LogP contribution in [-0.2, 0) is 4.79 Å². The van der Waals surface area contributed by atoms with Gasteiger partial charge in [0.2, 0.25) is 0 Å². The Morgan fingerprint density at radius 3 is 2.46 bits per heavy atom. The summed E-state index contributed by atoms with van der Waals surface area (Å²) in [4.78, 5) is 15.4. The number of aliphatic hydroxyl groups is 1. The largest absolute Gasteiger partial charge is 0.497 e. The highest BCUT2D eigenvalue weighted by Gasteiger charge is 2.36. The van der Waals surface area contributed by atoms with Crippen LogP contribution in [0.2, 0.25) is 0 Å². The maximum absolute atomic E-state index is 13.1. The number of rotatable bonds is 7. The predicted octanol–water partition coefficient (Wildman–Crippen LogP) is 5.86. The van der Waals surface area contributed by atoms with Gasteiger partial charge in [-0.05, 0) is 84.1 Å². The third-order valence-electron chi connectivity index (χ3n) is 6.65. The number of carbonyl (C=O) groups excluding carboxylic acids is 1. The van der Waals surface area contributed by atoms with E-state index < -0.39 is 0 Å². The van der Waals surface area contributed by atoms with Crippen molar-refractivity contribution in [2.24, 2.45) is 5.92 Å². The van der Waals surface area contributed by atoms with Crippen LogP contribution in [0.3, 0.4) is 0 Å². The molecule has 1 heterocycles. The number of ketones is 1. The van der Waals surface area contributed by atoms with Gasteiger partial charge in [0.25, 0.3) is 0 Å². The average molecular weight is 464 g/mol. The number of benzene rings is 3. The van der Waals surface area contributed by atoms with Crippen molar-refractivity contribution in [3.8, 4) is 17.6 Å². The van der Waals surface area contributed by atoms with Crippen LogP contribution in [0.4, 0.5) is 5.69 Å². The first-order chi connectivity index (χ1) is 17.2. The Hall–Kier alpha value is -3.81. The molecule has 0 amide bonds. The Morgan fingerprint density at radius 1 is 1.03 bits per heavy atom. The van der Waals surface area contributed by atoms with Crippen LogP contribution in [0.5, 0.6) is 5.75 Å². The van der Waals surface area contributed by atoms with E-state index in [0.717, 1.165) is 46.7 Å². The molecule has 0 spiro atoms. The quantitative estimate of drug-likeness (QED) is 0.446. The fourth-order valence-electron chi connectivity index (χ4n) is 4.66. The number of anilines is 1. The number of carbonyl (C=O) groups is 1. The SMILES string of the molecule is COc1ccc(C2=Cc3ccccc3C(CC(=O)C3CC3)N2c2ccc(C#CCCO)cc2)cc1. The summed E-state index contributed by atoms with van der Waals surface area (Å²) >= 11 is 0. The number of Topliss-reactive ketones (excluding diaryl/α,β-unsaturated/α-hetero) is 1. The third kappa shape index (κ3) is 5.01.